The minimum Gasteiger partial charge on any atom is -0.400 e. The van der Waals surface area contributed by atoms with Crippen LogP contribution in [-0.2, 0) is 9.59 Å². The highest BCUT2D eigenvalue weighted by molar-refractivity contribution is 5.82. The first-order chi connectivity index (χ1) is 8.42. The minimum absolute atomic E-state index is 0.0425. The van der Waals surface area contributed by atoms with Crippen molar-refractivity contribution in [2.45, 2.75) is 19.8 Å². The number of hydrogen-bond donors (Lipinski definition) is 1. The van der Waals surface area contributed by atoms with Crippen LogP contribution in [0.25, 0.3) is 0 Å². The van der Waals surface area contributed by atoms with Gasteiger partial charge in [0.15, 0.2) is 5.41 Å². The molecule has 1 aliphatic rings. The van der Waals surface area contributed by atoms with Gasteiger partial charge in [-0.3, -0.25) is 9.59 Å². The number of carbonyl (C=O) groups excluding carboxylic acids is 2. The smallest absolute Gasteiger partial charge is 0.172 e. The molecular weight excluding hydrogens is 232 g/mol. The van der Waals surface area contributed by atoms with Gasteiger partial charge in [-0.25, -0.2) is 0 Å². The number of nitriles is 3. The molecule has 0 radical (unpaired) electrons. The summed E-state index contributed by atoms with van der Waals surface area (Å²) in [7, 11) is 0. The van der Waals surface area contributed by atoms with Crippen LogP contribution >= 0.6 is 0 Å². The molecule has 0 heterocycles. The zero-order valence-corrected chi connectivity index (χ0v) is 9.73. The van der Waals surface area contributed by atoms with E-state index >= 15 is 0 Å². The van der Waals surface area contributed by atoms with Gasteiger partial charge in [-0.2, -0.15) is 15.8 Å². The van der Waals surface area contributed by atoms with Crippen molar-refractivity contribution in [3.05, 3.63) is 11.3 Å². The molecule has 0 saturated carbocycles. The van der Waals surface area contributed by atoms with Crippen LogP contribution in [0.3, 0.4) is 0 Å². The molecular formula is C12H10N4O2. The van der Waals surface area contributed by atoms with Crippen molar-refractivity contribution in [1.29, 1.82) is 15.8 Å². The van der Waals surface area contributed by atoms with Gasteiger partial charge in [0.05, 0.1) is 18.2 Å². The first-order valence-corrected chi connectivity index (χ1v) is 5.10. The van der Waals surface area contributed by atoms with Crippen LogP contribution in [0.1, 0.15) is 19.8 Å². The summed E-state index contributed by atoms with van der Waals surface area (Å²) in [5.41, 5.74) is 2.11. The first kappa shape index (κ1) is 13.4. The lowest BCUT2D eigenvalue weighted by atomic mass is 9.64. The second-order valence-corrected chi connectivity index (χ2v) is 4.26. The number of hydrogen-bond acceptors (Lipinski definition) is 6. The fourth-order valence-corrected chi connectivity index (χ4v) is 2.25. The molecule has 0 saturated heterocycles. The molecule has 90 valence electrons. The number of Topliss-reactive ketones (excluding diaryl/α,β-unsaturated/α-hetero) is 1. The molecule has 1 atom stereocenters. The van der Waals surface area contributed by atoms with Crippen LogP contribution in [0.4, 0.5) is 0 Å². The van der Waals surface area contributed by atoms with Crippen molar-refractivity contribution < 1.29 is 9.59 Å². The molecule has 0 amide bonds. The third kappa shape index (κ3) is 1.46. The summed E-state index contributed by atoms with van der Waals surface area (Å²) in [5, 5.41) is 27.7. The van der Waals surface area contributed by atoms with E-state index in [2.05, 4.69) is 0 Å². The molecule has 0 aromatic carbocycles. The SMILES string of the molecule is CC(=O)C[C@]1(C#N)C(N)=C(C=O)CC1(C#N)C#N. The van der Waals surface area contributed by atoms with Gasteiger partial charge in [-0.1, -0.05) is 0 Å². The zero-order chi connectivity index (χ0) is 14.0. The molecule has 0 spiro atoms. The van der Waals surface area contributed by atoms with Crippen molar-refractivity contribution in [3.8, 4) is 18.2 Å². The van der Waals surface area contributed by atoms with Crippen LogP contribution in [0.15, 0.2) is 11.3 Å². The largest absolute Gasteiger partial charge is 0.400 e. The van der Waals surface area contributed by atoms with E-state index in [1.54, 1.807) is 12.1 Å². The Balaban J connectivity index is 3.60. The van der Waals surface area contributed by atoms with E-state index < -0.39 is 10.8 Å². The summed E-state index contributed by atoms with van der Waals surface area (Å²) in [4.78, 5) is 22.2. The Labute approximate surface area is 104 Å². The molecule has 1 rings (SSSR count). The highest BCUT2D eigenvalue weighted by Crippen LogP contribution is 2.55. The molecule has 0 aromatic rings. The van der Waals surface area contributed by atoms with Crippen LogP contribution < -0.4 is 5.73 Å². The highest BCUT2D eigenvalue weighted by atomic mass is 16.1. The Morgan fingerprint density at radius 1 is 1.39 bits per heavy atom. The van der Waals surface area contributed by atoms with E-state index in [4.69, 9.17) is 5.73 Å². The maximum Gasteiger partial charge on any atom is 0.172 e. The summed E-state index contributed by atoms with van der Waals surface area (Å²) < 4.78 is 0. The number of nitrogens with two attached hydrogens (primary N) is 1. The summed E-state index contributed by atoms with van der Waals surface area (Å²) in [6.45, 7) is 1.24. The predicted octanol–water partition coefficient (Wildman–Crippen LogP) is 0.324. The number of rotatable bonds is 3. The van der Waals surface area contributed by atoms with Gasteiger partial charge >= 0.3 is 0 Å². The van der Waals surface area contributed by atoms with Crippen LogP contribution in [0.5, 0.6) is 0 Å². The van der Waals surface area contributed by atoms with E-state index in [1.807, 2.05) is 6.07 Å². The van der Waals surface area contributed by atoms with E-state index in [-0.39, 0.29) is 29.9 Å². The molecule has 6 nitrogen and oxygen atoms in total. The quantitative estimate of drug-likeness (QED) is 0.709. The molecule has 0 aliphatic heterocycles. The molecule has 0 fully saturated rings. The lowest BCUT2D eigenvalue weighted by molar-refractivity contribution is -0.118. The Kier molecular flexibility index (Phi) is 3.21. The highest BCUT2D eigenvalue weighted by Gasteiger charge is 2.61. The van der Waals surface area contributed by atoms with Gasteiger partial charge in [0, 0.05) is 24.1 Å². The lowest BCUT2D eigenvalue weighted by Crippen LogP contribution is -2.40. The standard InChI is InChI=1S/C12H10N4O2/c1-8(18)2-12(7-15)10(16)9(4-17)3-11(12,5-13)6-14/h4H,2-3,16H2,1H3/t12-/m0/s1. The molecule has 1 aliphatic carbocycles. The van der Waals surface area contributed by atoms with Gasteiger partial charge in [-0.15, -0.1) is 0 Å². The zero-order valence-electron chi connectivity index (χ0n) is 9.73. The maximum atomic E-state index is 11.3. The third-order valence-electron chi connectivity index (χ3n) is 3.22. The molecule has 0 unspecified atom stereocenters. The molecule has 0 bridgehead atoms. The van der Waals surface area contributed by atoms with Gasteiger partial charge in [0.2, 0.25) is 0 Å². The average molecular weight is 242 g/mol. The molecule has 18 heavy (non-hydrogen) atoms. The number of nitrogens with zero attached hydrogens (tertiary/aromatic N) is 3. The summed E-state index contributed by atoms with van der Waals surface area (Å²) in [6, 6.07) is 5.31. The van der Waals surface area contributed by atoms with Gasteiger partial charge in [0.1, 0.15) is 17.5 Å². The fraction of sp³-hybridized carbons (Fsp3) is 0.417. The Bertz CT molecular complexity index is 556. The van der Waals surface area contributed by atoms with Crippen molar-refractivity contribution in [1.82, 2.24) is 0 Å². The first-order valence-electron chi connectivity index (χ1n) is 5.10. The summed E-state index contributed by atoms with van der Waals surface area (Å²) in [6.07, 6.45) is -0.151. The third-order valence-corrected chi connectivity index (χ3v) is 3.22. The Morgan fingerprint density at radius 2 is 1.94 bits per heavy atom. The minimum atomic E-state index is -1.78. The second kappa shape index (κ2) is 4.31. The molecule has 0 aromatic heterocycles. The van der Waals surface area contributed by atoms with E-state index in [1.165, 1.54) is 6.92 Å². The average Bonchev–Trinajstić information content (AvgIpc) is 2.60. The summed E-state index contributed by atoms with van der Waals surface area (Å²) in [5.74, 6) is -0.374. The van der Waals surface area contributed by atoms with Crippen molar-refractivity contribution in [3.63, 3.8) is 0 Å². The number of carbonyl (C=O) groups is 2. The number of allylic oxidation sites excluding steroid dienone is 2. The monoisotopic (exact) mass is 242 g/mol. The second-order valence-electron chi connectivity index (χ2n) is 4.26. The van der Waals surface area contributed by atoms with E-state index in [0.29, 0.717) is 6.29 Å². The molecule has 2 N–H and O–H groups in total. The number of aldehydes is 1. The van der Waals surface area contributed by atoms with Crippen molar-refractivity contribution >= 4 is 12.1 Å². The topological polar surface area (TPSA) is 132 Å². The van der Waals surface area contributed by atoms with Gasteiger partial charge < -0.3 is 5.73 Å². The van der Waals surface area contributed by atoms with E-state index in [0.717, 1.165) is 0 Å². The van der Waals surface area contributed by atoms with Gasteiger partial charge in [0.25, 0.3) is 0 Å². The summed E-state index contributed by atoms with van der Waals surface area (Å²) >= 11 is 0. The maximum absolute atomic E-state index is 11.3. The van der Waals surface area contributed by atoms with Crippen molar-refractivity contribution in [2.24, 2.45) is 16.6 Å². The van der Waals surface area contributed by atoms with Crippen molar-refractivity contribution in [2.75, 3.05) is 0 Å². The molecule has 6 heteroatoms. The Hall–Kier alpha value is -2.65. The Morgan fingerprint density at radius 3 is 2.28 bits per heavy atom. The predicted molar refractivity (Wildman–Crippen MR) is 58.9 cm³/mol. The van der Waals surface area contributed by atoms with Crippen LogP contribution in [-0.4, -0.2) is 12.1 Å². The number of ketones is 1. The normalized spacial score (nSPS) is 24.8. The van der Waals surface area contributed by atoms with Gasteiger partial charge in [-0.05, 0) is 6.92 Å². The lowest BCUT2D eigenvalue weighted by Gasteiger charge is -2.30. The fourth-order valence-electron chi connectivity index (χ4n) is 2.25. The van der Waals surface area contributed by atoms with Crippen LogP contribution in [0, 0.1) is 44.8 Å². The van der Waals surface area contributed by atoms with Crippen LogP contribution in [0.2, 0.25) is 0 Å². The van der Waals surface area contributed by atoms with E-state index in [9.17, 15) is 25.4 Å².